The molecular formula is C19H22N2O4S2. The molecule has 27 heavy (non-hydrogen) atoms. The van der Waals surface area contributed by atoms with E-state index in [0.717, 1.165) is 5.56 Å². The van der Waals surface area contributed by atoms with Crippen LogP contribution in [0.15, 0.2) is 47.4 Å². The van der Waals surface area contributed by atoms with Gasteiger partial charge in [0.25, 0.3) is 15.9 Å². The minimum absolute atomic E-state index is 0.0403. The second-order valence-corrected chi connectivity index (χ2v) is 9.97. The number of amides is 1. The van der Waals surface area contributed by atoms with E-state index in [2.05, 4.69) is 4.72 Å². The lowest BCUT2D eigenvalue weighted by Gasteiger charge is -2.27. The predicted molar refractivity (Wildman–Crippen MR) is 107 cm³/mol. The van der Waals surface area contributed by atoms with Gasteiger partial charge in [-0.2, -0.15) is 0 Å². The van der Waals surface area contributed by atoms with Gasteiger partial charge in [0.2, 0.25) is 0 Å². The Balaban J connectivity index is 1.88. The first kappa shape index (κ1) is 19.6. The van der Waals surface area contributed by atoms with Gasteiger partial charge in [-0.15, -0.1) is 0 Å². The van der Waals surface area contributed by atoms with Gasteiger partial charge >= 0.3 is 0 Å². The molecule has 0 aliphatic carbocycles. The summed E-state index contributed by atoms with van der Waals surface area (Å²) in [4.78, 5) is 14.5. The molecule has 2 aromatic rings. The Bertz CT molecular complexity index is 993. The monoisotopic (exact) mass is 406 g/mol. The zero-order chi connectivity index (χ0) is 19.6. The zero-order valence-electron chi connectivity index (χ0n) is 15.3. The van der Waals surface area contributed by atoms with Gasteiger partial charge in [0.15, 0.2) is 0 Å². The molecule has 1 aliphatic rings. The Labute approximate surface area is 162 Å². The summed E-state index contributed by atoms with van der Waals surface area (Å²) >= 11 is 0. The van der Waals surface area contributed by atoms with Gasteiger partial charge in [-0.25, -0.2) is 8.42 Å². The van der Waals surface area contributed by atoms with Gasteiger partial charge in [0, 0.05) is 46.6 Å². The lowest BCUT2D eigenvalue weighted by atomic mass is 10.1. The number of carbonyl (C=O) groups is 1. The fraction of sp³-hybridized carbons (Fsp3) is 0.316. The van der Waals surface area contributed by atoms with Crippen LogP contribution in [0.4, 0.5) is 5.69 Å². The summed E-state index contributed by atoms with van der Waals surface area (Å²) in [7, 11) is -4.69. The van der Waals surface area contributed by atoms with E-state index < -0.39 is 20.8 Å². The lowest BCUT2D eigenvalue weighted by Crippen LogP contribution is -2.42. The summed E-state index contributed by atoms with van der Waals surface area (Å²) in [6.45, 7) is 4.50. The largest absolute Gasteiger partial charge is 0.337 e. The number of nitrogens with zero attached hydrogens (tertiary/aromatic N) is 1. The van der Waals surface area contributed by atoms with Crippen LogP contribution >= 0.6 is 0 Å². The quantitative estimate of drug-likeness (QED) is 0.845. The summed E-state index contributed by atoms with van der Waals surface area (Å²) in [5.41, 5.74) is 2.48. The molecular weight excluding hydrogens is 384 g/mol. The van der Waals surface area contributed by atoms with E-state index >= 15 is 0 Å². The average Bonchev–Trinajstić information content (AvgIpc) is 2.61. The Morgan fingerprint density at radius 2 is 1.78 bits per heavy atom. The number of carbonyl (C=O) groups excluding carboxylic acids is 1. The molecule has 0 radical (unpaired) electrons. The molecule has 0 bridgehead atoms. The summed E-state index contributed by atoms with van der Waals surface area (Å²) in [5, 5.41) is 0. The van der Waals surface area contributed by atoms with Crippen LogP contribution in [0.25, 0.3) is 0 Å². The highest BCUT2D eigenvalue weighted by atomic mass is 32.2. The molecule has 3 rings (SSSR count). The van der Waals surface area contributed by atoms with Crippen molar-refractivity contribution < 1.29 is 17.4 Å². The molecule has 2 aromatic carbocycles. The standard InChI is InChI=1S/C19H22N2O4S2/c1-14-4-3-5-16(12-14)20-27(24,25)17-7-6-15(2)18(13-17)19(22)21-8-10-26(23)11-9-21/h3-7,12-13,20H,8-11H2,1-2H3. The minimum Gasteiger partial charge on any atom is -0.337 e. The van der Waals surface area contributed by atoms with Gasteiger partial charge in [0.05, 0.1) is 4.90 Å². The second kappa shape index (κ2) is 7.82. The van der Waals surface area contributed by atoms with Gasteiger partial charge in [-0.1, -0.05) is 18.2 Å². The molecule has 1 fully saturated rings. The van der Waals surface area contributed by atoms with Crippen molar-refractivity contribution in [1.82, 2.24) is 4.90 Å². The first-order valence-electron chi connectivity index (χ1n) is 8.61. The highest BCUT2D eigenvalue weighted by molar-refractivity contribution is 7.92. The number of sulfonamides is 1. The molecule has 0 saturated carbocycles. The third kappa shape index (κ3) is 4.56. The van der Waals surface area contributed by atoms with E-state index in [1.807, 2.05) is 13.0 Å². The van der Waals surface area contributed by atoms with Crippen molar-refractivity contribution in [2.75, 3.05) is 29.3 Å². The van der Waals surface area contributed by atoms with Crippen LogP contribution in [0, 0.1) is 13.8 Å². The molecule has 1 heterocycles. The summed E-state index contributed by atoms with van der Waals surface area (Å²) in [6, 6.07) is 11.6. The van der Waals surface area contributed by atoms with Crippen LogP contribution in [-0.2, 0) is 20.8 Å². The Morgan fingerprint density at radius 3 is 2.44 bits per heavy atom. The fourth-order valence-corrected chi connectivity index (χ4v) is 5.06. The zero-order valence-corrected chi connectivity index (χ0v) is 16.9. The molecule has 1 aliphatic heterocycles. The van der Waals surface area contributed by atoms with Crippen LogP contribution in [0.1, 0.15) is 21.5 Å². The van der Waals surface area contributed by atoms with Crippen molar-refractivity contribution in [3.8, 4) is 0 Å². The maximum atomic E-state index is 12.8. The van der Waals surface area contributed by atoms with E-state index in [1.54, 1.807) is 36.1 Å². The predicted octanol–water partition coefficient (Wildman–Crippen LogP) is 2.31. The van der Waals surface area contributed by atoms with Gasteiger partial charge < -0.3 is 4.90 Å². The maximum absolute atomic E-state index is 12.8. The number of hydrogen-bond acceptors (Lipinski definition) is 4. The number of nitrogens with one attached hydrogen (secondary N) is 1. The van der Waals surface area contributed by atoms with E-state index in [4.69, 9.17) is 0 Å². The van der Waals surface area contributed by atoms with Crippen LogP contribution in [0.5, 0.6) is 0 Å². The highest BCUT2D eigenvalue weighted by Crippen LogP contribution is 2.21. The first-order chi connectivity index (χ1) is 12.8. The van der Waals surface area contributed by atoms with E-state index in [9.17, 15) is 17.4 Å². The molecule has 1 N–H and O–H groups in total. The molecule has 6 nitrogen and oxygen atoms in total. The maximum Gasteiger partial charge on any atom is 0.261 e. The van der Waals surface area contributed by atoms with Crippen molar-refractivity contribution in [3.05, 3.63) is 59.2 Å². The molecule has 0 spiro atoms. The van der Waals surface area contributed by atoms with Crippen LogP contribution in [0.2, 0.25) is 0 Å². The Morgan fingerprint density at radius 1 is 1.07 bits per heavy atom. The number of benzene rings is 2. The van der Waals surface area contributed by atoms with Gasteiger partial charge in [0.1, 0.15) is 0 Å². The number of hydrogen-bond donors (Lipinski definition) is 1. The smallest absolute Gasteiger partial charge is 0.261 e. The normalized spacial score (nSPS) is 15.6. The summed E-state index contributed by atoms with van der Waals surface area (Å²) < 4.78 is 39.5. The van der Waals surface area contributed by atoms with Crippen LogP contribution in [0.3, 0.4) is 0 Å². The van der Waals surface area contributed by atoms with E-state index in [0.29, 0.717) is 41.4 Å². The molecule has 1 saturated heterocycles. The van der Waals surface area contributed by atoms with Crippen molar-refractivity contribution in [2.45, 2.75) is 18.7 Å². The molecule has 0 atom stereocenters. The topological polar surface area (TPSA) is 83.6 Å². The summed E-state index contributed by atoms with van der Waals surface area (Å²) in [5.74, 6) is 0.687. The van der Waals surface area contributed by atoms with Gasteiger partial charge in [-0.05, 0) is 49.2 Å². The highest BCUT2D eigenvalue weighted by Gasteiger charge is 2.24. The van der Waals surface area contributed by atoms with Crippen molar-refractivity contribution in [2.24, 2.45) is 0 Å². The van der Waals surface area contributed by atoms with E-state index in [1.165, 1.54) is 12.1 Å². The lowest BCUT2D eigenvalue weighted by molar-refractivity contribution is 0.0770. The number of anilines is 1. The molecule has 0 aromatic heterocycles. The average molecular weight is 407 g/mol. The fourth-order valence-electron chi connectivity index (χ4n) is 2.93. The van der Waals surface area contributed by atoms with Crippen LogP contribution < -0.4 is 4.72 Å². The molecule has 0 unspecified atom stereocenters. The third-order valence-corrected chi connectivity index (χ3v) is 7.14. The number of aryl methyl sites for hydroxylation is 2. The van der Waals surface area contributed by atoms with Crippen molar-refractivity contribution in [3.63, 3.8) is 0 Å². The van der Waals surface area contributed by atoms with Crippen molar-refractivity contribution >= 4 is 32.4 Å². The minimum atomic E-state index is -3.81. The first-order valence-corrected chi connectivity index (χ1v) is 11.6. The second-order valence-electron chi connectivity index (χ2n) is 6.59. The third-order valence-electron chi connectivity index (χ3n) is 4.48. The molecule has 8 heteroatoms. The molecule has 1 amide bonds. The Hall–Kier alpha value is -2.19. The molecule has 144 valence electrons. The van der Waals surface area contributed by atoms with Gasteiger partial charge in [-0.3, -0.25) is 13.7 Å². The number of rotatable bonds is 4. The van der Waals surface area contributed by atoms with Crippen LogP contribution in [-0.4, -0.2) is 48.0 Å². The summed E-state index contributed by atoms with van der Waals surface area (Å²) in [6.07, 6.45) is 0. The SMILES string of the molecule is Cc1cccc(NS(=O)(=O)c2ccc(C)c(C(=O)N3CCS(=O)CC3)c2)c1. The van der Waals surface area contributed by atoms with E-state index in [-0.39, 0.29) is 10.8 Å². The van der Waals surface area contributed by atoms with Crippen molar-refractivity contribution in [1.29, 1.82) is 0 Å². The Kier molecular flexibility index (Phi) is 5.67.